The molecule has 0 spiro atoms. The molecule has 6 heteroatoms. The van der Waals surface area contributed by atoms with Crippen molar-refractivity contribution in [2.45, 2.75) is 5.16 Å². The zero-order valence-electron chi connectivity index (χ0n) is 9.43. The Balaban J connectivity index is 1.77. The Morgan fingerprint density at radius 2 is 2.24 bits per heavy atom. The normalized spacial score (nSPS) is 10.5. The Bertz CT molecular complexity index is 486. The standard InChI is InChI=1S/C11H13BrN4S/c1-16-11(14-8-15-16)17-7-6-13-10-5-3-2-4-9(10)12/h2-5,8,13H,6-7H2,1H3. The van der Waals surface area contributed by atoms with Crippen LogP contribution in [-0.4, -0.2) is 27.1 Å². The van der Waals surface area contributed by atoms with Crippen LogP contribution >= 0.6 is 27.7 Å². The number of halogens is 1. The fourth-order valence-electron chi connectivity index (χ4n) is 1.35. The van der Waals surface area contributed by atoms with Crippen molar-refractivity contribution >= 4 is 33.4 Å². The summed E-state index contributed by atoms with van der Waals surface area (Å²) in [6, 6.07) is 8.10. The molecule has 2 aromatic rings. The fourth-order valence-corrected chi connectivity index (χ4v) is 2.52. The number of hydrogen-bond donors (Lipinski definition) is 1. The second-order valence-corrected chi connectivity index (χ2v) is 5.34. The molecule has 1 heterocycles. The summed E-state index contributed by atoms with van der Waals surface area (Å²) in [4.78, 5) is 4.16. The lowest BCUT2D eigenvalue weighted by Gasteiger charge is -2.07. The van der Waals surface area contributed by atoms with Crippen molar-refractivity contribution in [1.82, 2.24) is 14.8 Å². The summed E-state index contributed by atoms with van der Waals surface area (Å²) in [6.07, 6.45) is 1.57. The molecule has 17 heavy (non-hydrogen) atoms. The maximum Gasteiger partial charge on any atom is 0.185 e. The van der Waals surface area contributed by atoms with Crippen molar-refractivity contribution in [3.05, 3.63) is 35.1 Å². The summed E-state index contributed by atoms with van der Waals surface area (Å²) >= 11 is 5.19. The van der Waals surface area contributed by atoms with Gasteiger partial charge in [0.1, 0.15) is 6.33 Å². The molecule has 0 saturated heterocycles. The second kappa shape index (κ2) is 6.07. The van der Waals surface area contributed by atoms with Crippen LogP contribution in [0, 0.1) is 0 Å². The van der Waals surface area contributed by atoms with E-state index in [0.717, 1.165) is 27.6 Å². The molecule has 0 aliphatic heterocycles. The highest BCUT2D eigenvalue weighted by atomic mass is 79.9. The van der Waals surface area contributed by atoms with E-state index in [1.165, 1.54) is 0 Å². The van der Waals surface area contributed by atoms with E-state index in [1.54, 1.807) is 22.8 Å². The number of nitrogens with one attached hydrogen (secondary N) is 1. The van der Waals surface area contributed by atoms with Crippen molar-refractivity contribution in [2.75, 3.05) is 17.6 Å². The van der Waals surface area contributed by atoms with Crippen LogP contribution in [0.1, 0.15) is 0 Å². The summed E-state index contributed by atoms with van der Waals surface area (Å²) in [7, 11) is 1.90. The lowest BCUT2D eigenvalue weighted by molar-refractivity contribution is 0.685. The lowest BCUT2D eigenvalue weighted by atomic mass is 10.3. The number of benzene rings is 1. The molecular formula is C11H13BrN4S. The number of hydrogen-bond acceptors (Lipinski definition) is 4. The van der Waals surface area contributed by atoms with E-state index < -0.39 is 0 Å². The highest BCUT2D eigenvalue weighted by Gasteiger charge is 2.01. The topological polar surface area (TPSA) is 42.7 Å². The summed E-state index contributed by atoms with van der Waals surface area (Å²) in [5.74, 6) is 0.952. The number of rotatable bonds is 5. The minimum absolute atomic E-state index is 0.889. The highest BCUT2D eigenvalue weighted by Crippen LogP contribution is 2.21. The van der Waals surface area contributed by atoms with Gasteiger partial charge >= 0.3 is 0 Å². The third-order valence-electron chi connectivity index (χ3n) is 2.19. The van der Waals surface area contributed by atoms with Crippen LogP contribution in [0.5, 0.6) is 0 Å². The van der Waals surface area contributed by atoms with Crippen molar-refractivity contribution in [3.63, 3.8) is 0 Å². The van der Waals surface area contributed by atoms with Gasteiger partial charge in [-0.2, -0.15) is 5.10 Å². The maximum atomic E-state index is 4.16. The van der Waals surface area contributed by atoms with Gasteiger partial charge in [-0.1, -0.05) is 23.9 Å². The Labute approximate surface area is 113 Å². The minimum Gasteiger partial charge on any atom is -0.383 e. The van der Waals surface area contributed by atoms with E-state index in [-0.39, 0.29) is 0 Å². The number of nitrogens with zero attached hydrogens (tertiary/aromatic N) is 3. The molecule has 1 aromatic heterocycles. The first-order valence-corrected chi connectivity index (χ1v) is 7.00. The third kappa shape index (κ3) is 3.47. The molecule has 1 N–H and O–H groups in total. The fraction of sp³-hybridized carbons (Fsp3) is 0.273. The van der Waals surface area contributed by atoms with Gasteiger partial charge < -0.3 is 5.32 Å². The lowest BCUT2D eigenvalue weighted by Crippen LogP contribution is -2.05. The van der Waals surface area contributed by atoms with Gasteiger partial charge in [0.25, 0.3) is 0 Å². The number of aromatic nitrogens is 3. The molecule has 0 aliphatic carbocycles. The Morgan fingerprint density at radius 1 is 1.41 bits per heavy atom. The Hall–Kier alpha value is -1.01. The summed E-state index contributed by atoms with van der Waals surface area (Å²) in [6.45, 7) is 0.889. The molecule has 0 radical (unpaired) electrons. The van der Waals surface area contributed by atoms with Crippen LogP contribution in [0.25, 0.3) is 0 Å². The van der Waals surface area contributed by atoms with Gasteiger partial charge in [-0.3, -0.25) is 0 Å². The van der Waals surface area contributed by atoms with Crippen LogP contribution in [0.2, 0.25) is 0 Å². The predicted octanol–water partition coefficient (Wildman–Crippen LogP) is 2.78. The van der Waals surface area contributed by atoms with Gasteiger partial charge in [-0.05, 0) is 28.1 Å². The molecule has 2 rings (SSSR count). The third-order valence-corrected chi connectivity index (χ3v) is 3.92. The van der Waals surface area contributed by atoms with Gasteiger partial charge in [-0.25, -0.2) is 9.67 Å². The molecule has 90 valence electrons. The predicted molar refractivity (Wildman–Crippen MR) is 74.4 cm³/mol. The molecule has 1 aromatic carbocycles. The smallest absolute Gasteiger partial charge is 0.185 e. The summed E-state index contributed by atoms with van der Waals surface area (Å²) < 4.78 is 2.87. The molecular weight excluding hydrogens is 300 g/mol. The summed E-state index contributed by atoms with van der Waals surface area (Å²) in [5.41, 5.74) is 1.12. The largest absolute Gasteiger partial charge is 0.383 e. The minimum atomic E-state index is 0.889. The van der Waals surface area contributed by atoms with E-state index in [4.69, 9.17) is 0 Å². The molecule has 0 saturated carbocycles. The van der Waals surface area contributed by atoms with Gasteiger partial charge in [0.05, 0.1) is 0 Å². The first-order valence-electron chi connectivity index (χ1n) is 5.22. The molecule has 0 amide bonds. The zero-order valence-corrected chi connectivity index (χ0v) is 11.8. The van der Waals surface area contributed by atoms with E-state index in [9.17, 15) is 0 Å². The quantitative estimate of drug-likeness (QED) is 0.681. The number of anilines is 1. The first kappa shape index (κ1) is 12.4. The average molecular weight is 313 g/mol. The van der Waals surface area contributed by atoms with E-state index in [1.807, 2.05) is 25.2 Å². The van der Waals surface area contributed by atoms with Crippen LogP contribution in [0.3, 0.4) is 0 Å². The van der Waals surface area contributed by atoms with E-state index in [2.05, 4.69) is 37.4 Å². The van der Waals surface area contributed by atoms with Gasteiger partial charge in [0, 0.05) is 29.5 Å². The van der Waals surface area contributed by atoms with Crippen LogP contribution < -0.4 is 5.32 Å². The Kier molecular flexibility index (Phi) is 4.44. The first-order chi connectivity index (χ1) is 8.27. The number of aryl methyl sites for hydroxylation is 1. The van der Waals surface area contributed by atoms with Gasteiger partial charge in [0.15, 0.2) is 5.16 Å². The number of thioether (sulfide) groups is 1. The molecule has 0 atom stereocenters. The van der Waals surface area contributed by atoms with Crippen molar-refractivity contribution in [3.8, 4) is 0 Å². The maximum absolute atomic E-state index is 4.16. The van der Waals surface area contributed by atoms with Crippen molar-refractivity contribution < 1.29 is 0 Å². The van der Waals surface area contributed by atoms with E-state index >= 15 is 0 Å². The molecule has 0 fully saturated rings. The van der Waals surface area contributed by atoms with Crippen molar-refractivity contribution in [2.24, 2.45) is 7.05 Å². The van der Waals surface area contributed by atoms with Crippen LogP contribution in [0.4, 0.5) is 5.69 Å². The van der Waals surface area contributed by atoms with Crippen LogP contribution in [0.15, 0.2) is 40.2 Å². The molecule has 0 aliphatic rings. The average Bonchev–Trinajstić information content (AvgIpc) is 2.73. The molecule has 4 nitrogen and oxygen atoms in total. The molecule has 0 unspecified atom stereocenters. The van der Waals surface area contributed by atoms with Gasteiger partial charge in [0.2, 0.25) is 0 Å². The van der Waals surface area contributed by atoms with Gasteiger partial charge in [-0.15, -0.1) is 0 Å². The Morgan fingerprint density at radius 3 is 2.94 bits per heavy atom. The van der Waals surface area contributed by atoms with Crippen LogP contribution in [-0.2, 0) is 7.05 Å². The monoisotopic (exact) mass is 312 g/mol. The highest BCUT2D eigenvalue weighted by molar-refractivity contribution is 9.10. The van der Waals surface area contributed by atoms with E-state index in [0.29, 0.717) is 0 Å². The second-order valence-electron chi connectivity index (χ2n) is 3.42. The zero-order chi connectivity index (χ0) is 12.1. The SMILES string of the molecule is Cn1ncnc1SCCNc1ccccc1Br. The summed E-state index contributed by atoms with van der Waals surface area (Å²) in [5, 5.41) is 8.34. The van der Waals surface area contributed by atoms with Crippen molar-refractivity contribution in [1.29, 1.82) is 0 Å². The molecule has 0 bridgehead atoms. The number of para-hydroxylation sites is 1.